The van der Waals surface area contributed by atoms with E-state index < -0.39 is 0 Å². The lowest BCUT2D eigenvalue weighted by atomic mass is 10.1. The van der Waals surface area contributed by atoms with E-state index >= 15 is 0 Å². The monoisotopic (exact) mass is 401 g/mol. The zero-order valence-electron chi connectivity index (χ0n) is 17.7. The van der Waals surface area contributed by atoms with Crippen molar-refractivity contribution in [2.75, 3.05) is 20.3 Å². The number of nitrogens with one attached hydrogen (secondary N) is 1. The maximum Gasteiger partial charge on any atom is 0.261 e. The van der Waals surface area contributed by atoms with Gasteiger partial charge in [-0.25, -0.2) is 0 Å². The highest BCUT2D eigenvalue weighted by molar-refractivity contribution is 6.04. The highest BCUT2D eigenvalue weighted by Crippen LogP contribution is 2.29. The molecule has 0 atom stereocenters. The van der Waals surface area contributed by atoms with Crippen LogP contribution in [-0.2, 0) is 16.1 Å². The molecule has 2 aromatic carbocycles. The SMILES string of the molecule is COCCCNC(=O)/C(C#N)=C/c1c(C)n(Cc2cccc(C)c2)c2ccccc12. The van der Waals surface area contributed by atoms with Gasteiger partial charge in [0, 0.05) is 49.0 Å². The Morgan fingerprint density at radius 2 is 2.00 bits per heavy atom. The Morgan fingerprint density at radius 3 is 2.73 bits per heavy atom. The van der Waals surface area contributed by atoms with Crippen LogP contribution in [0.15, 0.2) is 54.1 Å². The standard InChI is InChI=1S/C25H27N3O2/c1-18-8-6-9-20(14-18)17-28-19(2)23(22-10-4-5-11-24(22)28)15-21(16-26)25(29)27-12-7-13-30-3/h4-6,8-11,14-15H,7,12-13,17H2,1-3H3,(H,27,29)/b21-15+. The van der Waals surface area contributed by atoms with Gasteiger partial charge in [-0.15, -0.1) is 0 Å². The van der Waals surface area contributed by atoms with Crippen molar-refractivity contribution in [3.8, 4) is 6.07 Å². The van der Waals surface area contributed by atoms with E-state index in [0.29, 0.717) is 19.6 Å². The number of fused-ring (bicyclic) bond motifs is 1. The number of carbonyl (C=O) groups excluding carboxylic acids is 1. The molecule has 1 aromatic heterocycles. The second-order valence-electron chi connectivity index (χ2n) is 7.36. The van der Waals surface area contributed by atoms with E-state index in [4.69, 9.17) is 4.74 Å². The Hall–Kier alpha value is -3.36. The lowest BCUT2D eigenvalue weighted by molar-refractivity contribution is -0.117. The topological polar surface area (TPSA) is 67.0 Å². The zero-order valence-corrected chi connectivity index (χ0v) is 17.7. The summed E-state index contributed by atoms with van der Waals surface area (Å²) in [7, 11) is 1.62. The average molecular weight is 402 g/mol. The third-order valence-electron chi connectivity index (χ3n) is 5.17. The normalized spacial score (nSPS) is 11.5. The second-order valence-corrected chi connectivity index (χ2v) is 7.36. The Morgan fingerprint density at radius 1 is 1.20 bits per heavy atom. The van der Waals surface area contributed by atoms with Crippen LogP contribution in [0.2, 0.25) is 0 Å². The van der Waals surface area contributed by atoms with Crippen molar-refractivity contribution in [2.45, 2.75) is 26.8 Å². The molecule has 0 bridgehead atoms. The first-order valence-electron chi connectivity index (χ1n) is 10.1. The van der Waals surface area contributed by atoms with Gasteiger partial charge in [-0.3, -0.25) is 4.79 Å². The molecular weight excluding hydrogens is 374 g/mol. The zero-order chi connectivity index (χ0) is 21.5. The molecule has 5 heteroatoms. The number of methoxy groups -OCH3 is 1. The molecule has 0 fully saturated rings. The van der Waals surface area contributed by atoms with Gasteiger partial charge in [0.05, 0.1) is 0 Å². The van der Waals surface area contributed by atoms with Crippen LogP contribution < -0.4 is 5.32 Å². The molecule has 154 valence electrons. The number of ether oxygens (including phenoxy) is 1. The van der Waals surface area contributed by atoms with Crippen molar-refractivity contribution >= 4 is 22.9 Å². The molecule has 3 aromatic rings. The Kier molecular flexibility index (Phi) is 7.05. The molecular formula is C25H27N3O2. The van der Waals surface area contributed by atoms with Gasteiger partial charge in [0.1, 0.15) is 11.6 Å². The quantitative estimate of drug-likeness (QED) is 0.346. The molecule has 0 spiro atoms. The Bertz CT molecular complexity index is 1120. The fraction of sp³-hybridized carbons (Fsp3) is 0.280. The van der Waals surface area contributed by atoms with Crippen LogP contribution in [0, 0.1) is 25.2 Å². The van der Waals surface area contributed by atoms with Gasteiger partial charge >= 0.3 is 0 Å². The van der Waals surface area contributed by atoms with Crippen LogP contribution in [-0.4, -0.2) is 30.7 Å². The summed E-state index contributed by atoms with van der Waals surface area (Å²) < 4.78 is 7.23. The average Bonchev–Trinajstić information content (AvgIpc) is 3.00. The molecule has 3 rings (SSSR count). The number of rotatable bonds is 8. The largest absolute Gasteiger partial charge is 0.385 e. The number of hydrogen-bond acceptors (Lipinski definition) is 3. The molecule has 1 amide bonds. The number of aromatic nitrogens is 1. The van der Waals surface area contributed by atoms with E-state index in [1.807, 2.05) is 25.1 Å². The predicted molar refractivity (Wildman–Crippen MR) is 120 cm³/mol. The van der Waals surface area contributed by atoms with Crippen molar-refractivity contribution in [3.63, 3.8) is 0 Å². The van der Waals surface area contributed by atoms with Crippen LogP contribution in [0.4, 0.5) is 0 Å². The predicted octanol–water partition coefficient (Wildman–Crippen LogP) is 4.37. The maximum atomic E-state index is 12.5. The lowest BCUT2D eigenvalue weighted by Crippen LogP contribution is -2.26. The van der Waals surface area contributed by atoms with E-state index in [2.05, 4.69) is 53.2 Å². The van der Waals surface area contributed by atoms with Gasteiger partial charge in [-0.2, -0.15) is 5.26 Å². The van der Waals surface area contributed by atoms with Crippen LogP contribution in [0.5, 0.6) is 0 Å². The van der Waals surface area contributed by atoms with Gasteiger partial charge in [-0.1, -0.05) is 48.0 Å². The van der Waals surface area contributed by atoms with Gasteiger partial charge in [0.2, 0.25) is 0 Å². The van der Waals surface area contributed by atoms with Crippen molar-refractivity contribution in [3.05, 3.63) is 76.5 Å². The summed E-state index contributed by atoms with van der Waals surface area (Å²) in [6, 6.07) is 18.6. The molecule has 0 aliphatic carbocycles. The summed E-state index contributed by atoms with van der Waals surface area (Å²) in [6.45, 7) is 5.89. The highest BCUT2D eigenvalue weighted by atomic mass is 16.5. The van der Waals surface area contributed by atoms with Gasteiger partial charge in [0.25, 0.3) is 5.91 Å². The summed E-state index contributed by atoms with van der Waals surface area (Å²) in [5, 5.41) is 13.4. The van der Waals surface area contributed by atoms with E-state index in [0.717, 1.165) is 28.7 Å². The second kappa shape index (κ2) is 9.91. The highest BCUT2D eigenvalue weighted by Gasteiger charge is 2.16. The Labute approximate surface area is 177 Å². The summed E-state index contributed by atoms with van der Waals surface area (Å²) in [4.78, 5) is 12.5. The van der Waals surface area contributed by atoms with Crippen molar-refractivity contribution < 1.29 is 9.53 Å². The van der Waals surface area contributed by atoms with Crippen molar-refractivity contribution in [1.29, 1.82) is 5.26 Å². The van der Waals surface area contributed by atoms with Crippen LogP contribution >= 0.6 is 0 Å². The molecule has 30 heavy (non-hydrogen) atoms. The number of amides is 1. The number of aryl methyl sites for hydroxylation is 1. The van der Waals surface area contributed by atoms with E-state index in [-0.39, 0.29) is 11.5 Å². The number of hydrogen-bond donors (Lipinski definition) is 1. The first kappa shape index (κ1) is 21.4. The van der Waals surface area contributed by atoms with Crippen LogP contribution in [0.3, 0.4) is 0 Å². The number of carbonyl (C=O) groups is 1. The molecule has 0 unspecified atom stereocenters. The first-order valence-corrected chi connectivity index (χ1v) is 10.1. The minimum absolute atomic E-state index is 0.106. The van der Waals surface area contributed by atoms with E-state index in [1.165, 1.54) is 11.1 Å². The molecule has 0 saturated carbocycles. The third kappa shape index (κ3) is 4.79. The van der Waals surface area contributed by atoms with Gasteiger partial charge in [-0.05, 0) is 38.0 Å². The summed E-state index contributed by atoms with van der Waals surface area (Å²) >= 11 is 0. The number of nitrogens with zero attached hydrogens (tertiary/aromatic N) is 2. The van der Waals surface area contributed by atoms with Crippen molar-refractivity contribution in [2.24, 2.45) is 0 Å². The van der Waals surface area contributed by atoms with E-state index in [9.17, 15) is 10.1 Å². The molecule has 0 aliphatic heterocycles. The van der Waals surface area contributed by atoms with Crippen LogP contribution in [0.25, 0.3) is 17.0 Å². The molecule has 5 nitrogen and oxygen atoms in total. The minimum Gasteiger partial charge on any atom is -0.385 e. The molecule has 0 aliphatic rings. The summed E-state index contributed by atoms with van der Waals surface area (Å²) in [5.74, 6) is -0.358. The summed E-state index contributed by atoms with van der Waals surface area (Å²) in [6.07, 6.45) is 2.41. The lowest BCUT2D eigenvalue weighted by Gasteiger charge is -2.09. The molecule has 1 N–H and O–H groups in total. The van der Waals surface area contributed by atoms with E-state index in [1.54, 1.807) is 13.2 Å². The molecule has 0 radical (unpaired) electrons. The minimum atomic E-state index is -0.358. The fourth-order valence-corrected chi connectivity index (χ4v) is 3.64. The smallest absolute Gasteiger partial charge is 0.261 e. The maximum absolute atomic E-state index is 12.5. The van der Waals surface area contributed by atoms with Crippen LogP contribution in [0.1, 0.15) is 28.8 Å². The van der Waals surface area contributed by atoms with Gasteiger partial charge in [0.15, 0.2) is 0 Å². The Balaban J connectivity index is 1.97. The number of benzene rings is 2. The van der Waals surface area contributed by atoms with Gasteiger partial charge < -0.3 is 14.6 Å². The first-order chi connectivity index (χ1) is 14.5. The number of nitriles is 1. The molecule has 1 heterocycles. The fourth-order valence-electron chi connectivity index (χ4n) is 3.64. The number of para-hydroxylation sites is 1. The van der Waals surface area contributed by atoms with Crippen molar-refractivity contribution in [1.82, 2.24) is 9.88 Å². The molecule has 0 saturated heterocycles. The summed E-state index contributed by atoms with van der Waals surface area (Å²) in [5.41, 5.74) is 5.55. The third-order valence-corrected chi connectivity index (χ3v) is 5.17.